The van der Waals surface area contributed by atoms with Crippen LogP contribution in [0.15, 0.2) is 279 Å². The zero-order valence-electron chi connectivity index (χ0n) is 45.9. The normalized spacial score (nSPS) is 12.1. The number of para-hydroxylation sites is 4. The van der Waals surface area contributed by atoms with Crippen LogP contribution >= 0.6 is 22.6 Å². The number of nitrogens with one attached hydrogen (secondary N) is 3. The molecular formula is C80H49IN4. The Morgan fingerprint density at radius 1 is 0.235 bits per heavy atom. The smallest absolute Gasteiger partial charge is 0.0626 e. The summed E-state index contributed by atoms with van der Waals surface area (Å²) in [6, 6.07) is 101. The molecule has 16 aromatic carbocycles. The van der Waals surface area contributed by atoms with Gasteiger partial charge in [-0.1, -0.05) is 231 Å². The van der Waals surface area contributed by atoms with Crippen molar-refractivity contribution in [2.24, 2.45) is 0 Å². The van der Waals surface area contributed by atoms with Crippen LogP contribution in [0.3, 0.4) is 0 Å². The van der Waals surface area contributed by atoms with Gasteiger partial charge in [-0.3, -0.25) is 0 Å². The largest absolute Gasteiger partial charge is 0.354 e. The number of fused-ring (bicyclic) bond motifs is 32. The first-order chi connectivity index (χ1) is 42.1. The van der Waals surface area contributed by atoms with Crippen LogP contribution in [0.4, 0.5) is 0 Å². The molecule has 4 heterocycles. The standard InChI is InChI=1S/C40H24N2.C30H18N2.C10H7I/c1-2-12-25-23-26(22-21-24(25)11-1)42-34-20-10-8-18-32(34)37-38-35(28-14-4-6-16-30(28)40(37)42)27-13-3-5-15-29(27)39-36(38)31-17-7-9-19-33(31)41-39;1-3-11-19-17(9-1)25-18-10-2-4-12-20(18)30-27(22-14-6-8-16-24(22)32-30)28(25)26-21-13-5-7-15-23(21)31-29(19)26;11-10-6-5-8-3-1-2-4-9(8)7-10/h1-23,41H;1-16,31-32H;1-7H. The lowest BCUT2D eigenvalue weighted by atomic mass is 9.89. The van der Waals surface area contributed by atoms with Gasteiger partial charge >= 0.3 is 0 Å². The lowest BCUT2D eigenvalue weighted by molar-refractivity contribution is 1.19. The molecular weight excluding hydrogens is 1140 g/mol. The molecule has 396 valence electrons. The summed E-state index contributed by atoms with van der Waals surface area (Å²) in [6.07, 6.45) is 0. The van der Waals surface area contributed by atoms with Gasteiger partial charge in [-0.05, 0) is 125 Å². The van der Waals surface area contributed by atoms with E-state index >= 15 is 0 Å². The van der Waals surface area contributed by atoms with Gasteiger partial charge in [0.15, 0.2) is 0 Å². The van der Waals surface area contributed by atoms with Crippen LogP contribution in [-0.4, -0.2) is 19.5 Å². The van der Waals surface area contributed by atoms with Crippen LogP contribution in [0.2, 0.25) is 0 Å². The highest BCUT2D eigenvalue weighted by Gasteiger charge is 2.25. The predicted octanol–water partition coefficient (Wildman–Crippen LogP) is 22.9. The van der Waals surface area contributed by atoms with Crippen LogP contribution in [0.25, 0.3) is 179 Å². The summed E-state index contributed by atoms with van der Waals surface area (Å²) in [5, 5.41) is 31.0. The van der Waals surface area contributed by atoms with Crippen molar-refractivity contribution in [3.05, 3.63) is 283 Å². The minimum absolute atomic E-state index is 1.17. The molecule has 20 aromatic rings. The number of aromatic nitrogens is 4. The molecule has 0 aliphatic carbocycles. The topological polar surface area (TPSA) is 52.3 Å². The third-order valence-electron chi connectivity index (χ3n) is 18.0. The van der Waals surface area contributed by atoms with Crippen molar-refractivity contribution in [2.75, 3.05) is 0 Å². The van der Waals surface area contributed by atoms with Gasteiger partial charge in [0.2, 0.25) is 0 Å². The Hall–Kier alpha value is -10.5. The number of nitrogens with zero attached hydrogens (tertiary/aromatic N) is 1. The SMILES string of the molecule is Ic1ccc2ccccc2c1.c1ccc2c(c1)[nH]c1c3ccccc3c3c4ccccc4c4[nH]c5ccccc5c4c3c21.c1ccc2cc(-n3c4ccccc4c4c5c(c6ccccc6c6[nH]c7ccccc7c65)c5ccccc5c43)ccc2c1. The Labute approximate surface area is 500 Å². The molecule has 3 N–H and O–H groups in total. The van der Waals surface area contributed by atoms with E-state index in [1.54, 1.807) is 0 Å². The molecule has 0 bridgehead atoms. The van der Waals surface area contributed by atoms with Crippen molar-refractivity contribution in [1.82, 2.24) is 19.5 Å². The number of benzene rings is 16. The van der Waals surface area contributed by atoms with Crippen molar-refractivity contribution >= 4 is 196 Å². The van der Waals surface area contributed by atoms with Gasteiger partial charge in [-0.25, -0.2) is 0 Å². The van der Waals surface area contributed by atoms with E-state index in [1.165, 1.54) is 183 Å². The number of aromatic amines is 3. The minimum atomic E-state index is 1.17. The van der Waals surface area contributed by atoms with E-state index in [9.17, 15) is 0 Å². The van der Waals surface area contributed by atoms with E-state index in [-0.39, 0.29) is 0 Å². The molecule has 0 saturated heterocycles. The van der Waals surface area contributed by atoms with Crippen LogP contribution in [0.1, 0.15) is 0 Å². The van der Waals surface area contributed by atoms with Gasteiger partial charge in [-0.15, -0.1) is 0 Å². The first kappa shape index (κ1) is 48.1. The number of H-pyrrole nitrogens is 3. The fourth-order valence-electron chi connectivity index (χ4n) is 14.5. The molecule has 0 spiro atoms. The molecule has 0 aliphatic rings. The molecule has 0 amide bonds. The van der Waals surface area contributed by atoms with E-state index < -0.39 is 0 Å². The molecule has 4 aromatic heterocycles. The summed E-state index contributed by atoms with van der Waals surface area (Å²) in [4.78, 5) is 11.3. The lowest BCUT2D eigenvalue weighted by Crippen LogP contribution is -1.95. The van der Waals surface area contributed by atoms with E-state index in [4.69, 9.17) is 0 Å². The Morgan fingerprint density at radius 2 is 0.576 bits per heavy atom. The average molecular weight is 1190 g/mol. The second kappa shape index (κ2) is 18.8. The fraction of sp³-hybridized carbons (Fsp3) is 0. The van der Waals surface area contributed by atoms with Crippen LogP contribution < -0.4 is 0 Å². The summed E-state index contributed by atoms with van der Waals surface area (Å²) in [5.41, 5.74) is 10.8. The number of hydrogen-bond donors (Lipinski definition) is 3. The summed E-state index contributed by atoms with van der Waals surface area (Å²) in [6.45, 7) is 0. The molecule has 0 fully saturated rings. The minimum Gasteiger partial charge on any atom is -0.354 e. The van der Waals surface area contributed by atoms with Crippen molar-refractivity contribution < 1.29 is 0 Å². The lowest BCUT2D eigenvalue weighted by Gasteiger charge is -2.15. The maximum Gasteiger partial charge on any atom is 0.0626 e. The maximum atomic E-state index is 3.83. The van der Waals surface area contributed by atoms with E-state index in [2.05, 4.69) is 321 Å². The van der Waals surface area contributed by atoms with Gasteiger partial charge in [-0.2, -0.15) is 0 Å². The molecule has 0 unspecified atom stereocenters. The molecule has 85 heavy (non-hydrogen) atoms. The Balaban J connectivity index is 0.000000112. The first-order valence-electron chi connectivity index (χ1n) is 29.1. The Kier molecular flexibility index (Phi) is 10.6. The van der Waals surface area contributed by atoms with Crippen molar-refractivity contribution in [1.29, 1.82) is 0 Å². The van der Waals surface area contributed by atoms with Crippen LogP contribution in [0, 0.1) is 3.57 Å². The number of halogens is 1. The summed E-state index contributed by atoms with van der Waals surface area (Å²) in [7, 11) is 0. The zero-order chi connectivity index (χ0) is 55.9. The highest BCUT2D eigenvalue weighted by atomic mass is 127. The third kappa shape index (κ3) is 7.14. The Morgan fingerprint density at radius 3 is 1.06 bits per heavy atom. The predicted molar refractivity (Wildman–Crippen MR) is 375 cm³/mol. The first-order valence-corrected chi connectivity index (χ1v) is 30.2. The van der Waals surface area contributed by atoms with Gasteiger partial charge in [0.05, 0.1) is 27.6 Å². The van der Waals surface area contributed by atoms with Gasteiger partial charge in [0.1, 0.15) is 0 Å². The van der Waals surface area contributed by atoms with Crippen LogP contribution in [-0.2, 0) is 0 Å². The van der Waals surface area contributed by atoms with Crippen LogP contribution in [0.5, 0.6) is 0 Å². The highest BCUT2D eigenvalue weighted by Crippen LogP contribution is 2.51. The fourth-order valence-corrected chi connectivity index (χ4v) is 15.1. The molecule has 4 nitrogen and oxygen atoms in total. The second-order valence-corrected chi connectivity index (χ2v) is 23.8. The Bertz CT molecular complexity index is 6050. The second-order valence-electron chi connectivity index (χ2n) is 22.5. The zero-order valence-corrected chi connectivity index (χ0v) is 48.0. The van der Waals surface area contributed by atoms with Crippen molar-refractivity contribution in [2.45, 2.75) is 0 Å². The molecule has 0 saturated carbocycles. The highest BCUT2D eigenvalue weighted by molar-refractivity contribution is 14.1. The quantitative estimate of drug-likeness (QED) is 0.108. The van der Waals surface area contributed by atoms with Gasteiger partial charge < -0.3 is 19.5 Å². The molecule has 0 radical (unpaired) electrons. The van der Waals surface area contributed by atoms with E-state index in [0.717, 1.165) is 0 Å². The van der Waals surface area contributed by atoms with Gasteiger partial charge in [0, 0.05) is 101 Å². The van der Waals surface area contributed by atoms with E-state index in [0.29, 0.717) is 0 Å². The molecule has 20 rings (SSSR count). The average Bonchev–Trinajstić information content (AvgIpc) is 1.84. The monoisotopic (exact) mass is 1190 g/mol. The van der Waals surface area contributed by atoms with Crippen molar-refractivity contribution in [3.63, 3.8) is 0 Å². The summed E-state index contributed by atoms with van der Waals surface area (Å²) in [5.74, 6) is 0. The maximum absolute atomic E-state index is 3.83. The number of rotatable bonds is 1. The molecule has 0 atom stereocenters. The van der Waals surface area contributed by atoms with E-state index in [1.807, 2.05) is 0 Å². The number of hydrogen-bond acceptors (Lipinski definition) is 0. The third-order valence-corrected chi connectivity index (χ3v) is 18.7. The summed E-state index contributed by atoms with van der Waals surface area (Å²) >= 11 is 2.33. The summed E-state index contributed by atoms with van der Waals surface area (Å²) < 4.78 is 3.79. The molecule has 0 aliphatic heterocycles. The van der Waals surface area contributed by atoms with Gasteiger partial charge in [0.25, 0.3) is 0 Å². The molecule has 5 heteroatoms. The van der Waals surface area contributed by atoms with Crippen molar-refractivity contribution in [3.8, 4) is 5.69 Å².